The molecule has 2 saturated carbocycles. The van der Waals surface area contributed by atoms with Crippen LogP contribution in [0.1, 0.15) is 93.9 Å². The van der Waals surface area contributed by atoms with Gasteiger partial charge in [0.05, 0.1) is 18.3 Å². The fourth-order valence-corrected chi connectivity index (χ4v) is 9.21. The Hall–Kier alpha value is -1.26. The zero-order valence-electron chi connectivity index (χ0n) is 28.9. The highest BCUT2D eigenvalue weighted by molar-refractivity contribution is 6.74. The van der Waals surface area contributed by atoms with Crippen LogP contribution >= 0.6 is 0 Å². The van der Waals surface area contributed by atoms with Crippen molar-refractivity contribution in [3.8, 4) is 0 Å². The van der Waals surface area contributed by atoms with E-state index < -0.39 is 22.5 Å². The van der Waals surface area contributed by atoms with E-state index in [1.165, 1.54) is 16.7 Å². The van der Waals surface area contributed by atoms with Crippen LogP contribution in [0, 0.1) is 11.3 Å². The van der Waals surface area contributed by atoms with Crippen molar-refractivity contribution in [1.29, 1.82) is 0 Å². The smallest absolute Gasteiger partial charge is 0.243 e. The molecule has 3 aliphatic rings. The molecule has 3 aliphatic carbocycles. The van der Waals surface area contributed by atoms with Crippen LogP contribution in [0.15, 0.2) is 47.1 Å². The summed E-state index contributed by atoms with van der Waals surface area (Å²) < 4.78 is 19.9. The predicted octanol–water partition coefficient (Wildman–Crippen LogP) is 9.00. The molecular formula is C35H61NO4Si2. The first-order valence-electron chi connectivity index (χ1n) is 16.1. The molecule has 42 heavy (non-hydrogen) atoms. The molecule has 0 aromatic heterocycles. The quantitative estimate of drug-likeness (QED) is 0.208. The number of primary amides is 1. The molecule has 0 aromatic rings. The molecule has 2 fully saturated rings. The van der Waals surface area contributed by atoms with Crippen molar-refractivity contribution >= 4 is 22.5 Å². The number of carbonyl (C=O) groups is 1. The lowest BCUT2D eigenvalue weighted by Gasteiger charge is -2.45. The molecule has 0 bridgehead atoms. The largest absolute Gasteiger partial charge is 0.413 e. The Kier molecular flexibility index (Phi) is 10.6. The van der Waals surface area contributed by atoms with Gasteiger partial charge in [0.25, 0.3) is 0 Å². The van der Waals surface area contributed by atoms with E-state index in [-0.39, 0.29) is 40.4 Å². The first-order valence-corrected chi connectivity index (χ1v) is 22.0. The Labute approximate surface area is 259 Å². The van der Waals surface area contributed by atoms with Crippen LogP contribution in [-0.4, -0.2) is 47.5 Å². The summed E-state index contributed by atoms with van der Waals surface area (Å²) in [6.07, 6.45) is 13.3. The van der Waals surface area contributed by atoms with E-state index in [0.717, 1.165) is 44.1 Å². The van der Waals surface area contributed by atoms with Gasteiger partial charge >= 0.3 is 0 Å². The zero-order valence-corrected chi connectivity index (χ0v) is 30.9. The number of allylic oxidation sites excluding steroid dienone is 4. The van der Waals surface area contributed by atoms with Gasteiger partial charge in [-0.05, 0) is 103 Å². The number of rotatable bonds is 9. The van der Waals surface area contributed by atoms with Crippen LogP contribution in [0.5, 0.6) is 0 Å². The Morgan fingerprint density at radius 3 is 2.26 bits per heavy atom. The minimum atomic E-state index is -2.00. The van der Waals surface area contributed by atoms with Gasteiger partial charge in [-0.1, -0.05) is 78.8 Å². The number of hydrogen-bond acceptors (Lipinski definition) is 4. The minimum absolute atomic E-state index is 0.0151. The number of fused-ring (bicyclic) bond motifs is 1. The van der Waals surface area contributed by atoms with Gasteiger partial charge in [0.2, 0.25) is 5.91 Å². The molecule has 238 valence electrons. The second-order valence-electron chi connectivity index (χ2n) is 16.4. The second-order valence-corrected chi connectivity index (χ2v) is 25.9. The van der Waals surface area contributed by atoms with Crippen molar-refractivity contribution in [2.45, 2.75) is 148 Å². The number of hydrogen-bond donors (Lipinski definition) is 1. The van der Waals surface area contributed by atoms with Crippen molar-refractivity contribution in [3.05, 3.63) is 47.1 Å². The highest BCUT2D eigenvalue weighted by Crippen LogP contribution is 2.56. The van der Waals surface area contributed by atoms with E-state index in [0.29, 0.717) is 5.92 Å². The second kappa shape index (κ2) is 12.6. The Morgan fingerprint density at radius 1 is 1.10 bits per heavy atom. The van der Waals surface area contributed by atoms with E-state index in [1.54, 1.807) is 0 Å². The Morgan fingerprint density at radius 2 is 1.69 bits per heavy atom. The van der Waals surface area contributed by atoms with Gasteiger partial charge in [-0.15, -0.1) is 0 Å². The number of amides is 1. The summed E-state index contributed by atoms with van der Waals surface area (Å²) in [6, 6.07) is 0. The standard InChI is InChI=1S/C35H61NO4Si2/c1-24-27(17-16-26-15-14-20-35(9)29(18-19-30(26)35)25(2)38-23-32(36)37)21-28(39-41(10,11)33(3,4)5)22-31(24)40-42(12,13)34(6,7)8/h16-18,25,28,30-31H,1,14-15,19-23H2,2-13H3,(H2,36,37)/t25-,28+,30?,31-,35+/m0/s1. The summed E-state index contributed by atoms with van der Waals surface area (Å²) in [5.41, 5.74) is 10.6. The van der Waals surface area contributed by atoms with Crippen LogP contribution in [-0.2, 0) is 18.4 Å². The molecule has 3 rings (SSSR count). The third-order valence-electron chi connectivity index (χ3n) is 11.3. The predicted molar refractivity (Wildman–Crippen MR) is 181 cm³/mol. The molecule has 0 spiro atoms. The molecule has 7 heteroatoms. The first-order chi connectivity index (χ1) is 19.1. The van der Waals surface area contributed by atoms with Crippen molar-refractivity contribution in [1.82, 2.24) is 0 Å². The lowest BCUT2D eigenvalue weighted by Crippen LogP contribution is -2.49. The average Bonchev–Trinajstić information content (AvgIpc) is 3.19. The monoisotopic (exact) mass is 615 g/mol. The van der Waals surface area contributed by atoms with Gasteiger partial charge < -0.3 is 19.3 Å². The molecule has 2 N–H and O–H groups in total. The molecule has 1 unspecified atom stereocenters. The van der Waals surface area contributed by atoms with Crippen LogP contribution in [0.4, 0.5) is 0 Å². The normalized spacial score (nSPS) is 30.4. The van der Waals surface area contributed by atoms with E-state index in [4.69, 9.17) is 19.3 Å². The van der Waals surface area contributed by atoms with Crippen LogP contribution in [0.3, 0.4) is 0 Å². The first kappa shape index (κ1) is 35.2. The maximum Gasteiger partial charge on any atom is 0.243 e. The van der Waals surface area contributed by atoms with Gasteiger partial charge in [0.15, 0.2) is 16.6 Å². The van der Waals surface area contributed by atoms with E-state index in [1.807, 2.05) is 0 Å². The molecular weight excluding hydrogens is 555 g/mol. The highest BCUT2D eigenvalue weighted by atomic mass is 28.4. The fourth-order valence-electron chi connectivity index (χ4n) is 6.54. The summed E-state index contributed by atoms with van der Waals surface area (Å²) in [4.78, 5) is 11.3. The summed E-state index contributed by atoms with van der Waals surface area (Å²) in [5.74, 6) is 0.0329. The lowest BCUT2D eigenvalue weighted by atomic mass is 9.63. The van der Waals surface area contributed by atoms with Crippen molar-refractivity contribution in [2.75, 3.05) is 6.61 Å². The SMILES string of the molecule is C=C1C(=CC=C2CCC[C@]3(C)C([C@H](C)OCC(N)=O)=CCC23)C[C@@H](O[Si](C)(C)C(C)(C)C)C[C@@H]1O[Si](C)(C)C(C)(C)C. The molecule has 0 saturated heterocycles. The maximum absolute atomic E-state index is 11.3. The fraction of sp³-hybridized carbons (Fsp3) is 0.743. The number of carbonyl (C=O) groups excluding carboxylic acids is 1. The van der Waals surface area contributed by atoms with Gasteiger partial charge in [0, 0.05) is 6.42 Å². The van der Waals surface area contributed by atoms with E-state index >= 15 is 0 Å². The maximum atomic E-state index is 11.3. The molecule has 0 radical (unpaired) electrons. The van der Waals surface area contributed by atoms with Crippen molar-refractivity contribution in [3.63, 3.8) is 0 Å². The van der Waals surface area contributed by atoms with Gasteiger partial charge in [-0.2, -0.15) is 0 Å². The molecule has 5 nitrogen and oxygen atoms in total. The number of ether oxygens (including phenoxy) is 1. The molecule has 0 heterocycles. The number of nitrogens with two attached hydrogens (primary N) is 1. The van der Waals surface area contributed by atoms with Crippen LogP contribution < -0.4 is 5.73 Å². The van der Waals surface area contributed by atoms with Crippen LogP contribution in [0.2, 0.25) is 36.3 Å². The lowest BCUT2D eigenvalue weighted by molar-refractivity contribution is -0.123. The van der Waals surface area contributed by atoms with E-state index in [2.05, 4.69) is 106 Å². The molecule has 5 atom stereocenters. The van der Waals surface area contributed by atoms with E-state index in [9.17, 15) is 4.79 Å². The average molecular weight is 616 g/mol. The summed E-state index contributed by atoms with van der Waals surface area (Å²) in [5, 5.41) is 0.283. The Balaban J connectivity index is 1.90. The third kappa shape index (κ3) is 7.69. The highest BCUT2D eigenvalue weighted by Gasteiger charge is 2.47. The van der Waals surface area contributed by atoms with Gasteiger partial charge in [-0.25, -0.2) is 0 Å². The summed E-state index contributed by atoms with van der Waals surface area (Å²) >= 11 is 0. The zero-order chi connectivity index (χ0) is 31.9. The van der Waals surface area contributed by atoms with Crippen LogP contribution in [0.25, 0.3) is 0 Å². The van der Waals surface area contributed by atoms with Crippen molar-refractivity contribution in [2.24, 2.45) is 17.1 Å². The molecule has 0 aliphatic heterocycles. The van der Waals surface area contributed by atoms with Crippen molar-refractivity contribution < 1.29 is 18.4 Å². The summed E-state index contributed by atoms with van der Waals surface area (Å²) in [6.45, 7) is 32.3. The van der Waals surface area contributed by atoms with Gasteiger partial charge in [-0.3, -0.25) is 4.79 Å². The topological polar surface area (TPSA) is 70.8 Å². The summed E-state index contributed by atoms with van der Waals surface area (Å²) in [7, 11) is -3.95. The molecule has 1 amide bonds. The third-order valence-corrected chi connectivity index (χ3v) is 20.3. The minimum Gasteiger partial charge on any atom is -0.413 e. The Bertz CT molecular complexity index is 1120. The van der Waals surface area contributed by atoms with Gasteiger partial charge in [0.1, 0.15) is 6.61 Å². The molecule has 0 aromatic carbocycles.